The Balaban J connectivity index is 1.97. The van der Waals surface area contributed by atoms with E-state index in [1.165, 1.54) is 25.2 Å². The number of benzene rings is 2. The number of quaternary nitrogens is 1. The van der Waals surface area contributed by atoms with E-state index in [4.69, 9.17) is 18.9 Å². The second-order valence-corrected chi connectivity index (χ2v) is 8.42. The number of rotatable bonds is 12. The predicted octanol–water partition coefficient (Wildman–Crippen LogP) is 3.39. The number of hydrogen-bond acceptors (Lipinski definition) is 6. The van der Waals surface area contributed by atoms with Crippen molar-refractivity contribution in [3.63, 3.8) is 0 Å². The van der Waals surface area contributed by atoms with E-state index in [2.05, 4.69) is 13.8 Å². The van der Waals surface area contributed by atoms with E-state index in [1.54, 1.807) is 31.4 Å². The topological polar surface area (TPSA) is 81.5 Å². The van der Waals surface area contributed by atoms with Gasteiger partial charge >= 0.3 is 0 Å². The maximum atomic E-state index is 13.2. The number of allylic oxidation sites excluding steroid dienone is 1. The summed E-state index contributed by atoms with van der Waals surface area (Å²) in [7, 11) is 4.60. The van der Waals surface area contributed by atoms with Gasteiger partial charge in [-0.3, -0.25) is 4.79 Å². The van der Waals surface area contributed by atoms with Crippen molar-refractivity contribution in [2.45, 2.75) is 46.1 Å². The number of fused-ring (bicyclic) bond motifs is 1. The molecule has 1 N–H and O–H groups in total. The van der Waals surface area contributed by atoms with Crippen molar-refractivity contribution >= 4 is 11.9 Å². The number of hydrogen-bond donors (Lipinski definition) is 1. The van der Waals surface area contributed by atoms with Crippen molar-refractivity contribution in [1.82, 2.24) is 0 Å². The molecule has 2 aromatic carbocycles. The van der Waals surface area contributed by atoms with Crippen LogP contribution in [0.25, 0.3) is 6.08 Å². The molecular weight excluding hydrogens is 434 g/mol. The third-order valence-electron chi connectivity index (χ3n) is 6.11. The van der Waals surface area contributed by atoms with Crippen LogP contribution in [0.3, 0.4) is 0 Å². The third-order valence-corrected chi connectivity index (χ3v) is 6.11. The van der Waals surface area contributed by atoms with Gasteiger partial charge in [0.1, 0.15) is 12.3 Å². The molecule has 0 saturated heterocycles. The van der Waals surface area contributed by atoms with Crippen LogP contribution in [0.4, 0.5) is 0 Å². The van der Waals surface area contributed by atoms with Crippen LogP contribution < -0.4 is 29.0 Å². The van der Waals surface area contributed by atoms with Crippen molar-refractivity contribution < 1.29 is 33.7 Å². The van der Waals surface area contributed by atoms with Gasteiger partial charge in [0, 0.05) is 11.1 Å². The maximum absolute atomic E-state index is 13.2. The summed E-state index contributed by atoms with van der Waals surface area (Å²) >= 11 is 0. The molecule has 0 radical (unpaired) electrons. The first-order valence-corrected chi connectivity index (χ1v) is 11.9. The number of carbonyl (C=O) groups is 1. The highest BCUT2D eigenvalue weighted by atomic mass is 16.5. The molecule has 34 heavy (non-hydrogen) atoms. The Kier molecular flexibility index (Phi) is 8.82. The summed E-state index contributed by atoms with van der Waals surface area (Å²) in [5.41, 5.74) is 1.60. The fourth-order valence-corrected chi connectivity index (χ4v) is 4.24. The molecule has 0 aromatic heterocycles. The van der Waals surface area contributed by atoms with Crippen molar-refractivity contribution in [2.24, 2.45) is 0 Å². The van der Waals surface area contributed by atoms with Gasteiger partial charge < -0.3 is 29.0 Å². The number of nitrogens with one attached hydrogen (secondary N) is 1. The summed E-state index contributed by atoms with van der Waals surface area (Å²) < 4.78 is 22.4. The Bertz CT molecular complexity index is 1040. The Morgan fingerprint density at radius 1 is 0.941 bits per heavy atom. The minimum Gasteiger partial charge on any atom is -0.872 e. The third kappa shape index (κ3) is 5.30. The van der Waals surface area contributed by atoms with Gasteiger partial charge in [0.15, 0.2) is 17.3 Å². The lowest BCUT2D eigenvalue weighted by Gasteiger charge is -2.23. The van der Waals surface area contributed by atoms with Crippen LogP contribution in [0.1, 0.15) is 61.0 Å². The molecule has 3 rings (SSSR count). The van der Waals surface area contributed by atoms with Gasteiger partial charge in [0.25, 0.3) is 0 Å². The maximum Gasteiger partial charge on any atom is 0.231 e. The van der Waals surface area contributed by atoms with Crippen LogP contribution in [-0.2, 0) is 6.54 Å². The lowest BCUT2D eigenvalue weighted by molar-refractivity contribution is -0.914. The molecule has 0 spiro atoms. The number of methoxy groups -OCH3 is 3. The smallest absolute Gasteiger partial charge is 0.231 e. The molecule has 1 aliphatic heterocycles. The summed E-state index contributed by atoms with van der Waals surface area (Å²) in [4.78, 5) is 14.5. The van der Waals surface area contributed by atoms with Crippen LogP contribution in [0.15, 0.2) is 30.0 Å². The quantitative estimate of drug-likeness (QED) is 0.480. The zero-order chi connectivity index (χ0) is 24.7. The zero-order valence-corrected chi connectivity index (χ0v) is 20.8. The zero-order valence-electron chi connectivity index (χ0n) is 20.8. The van der Waals surface area contributed by atoms with Crippen LogP contribution in [0, 0.1) is 0 Å². The normalized spacial score (nSPS) is 13.8. The monoisotopic (exact) mass is 469 g/mol. The van der Waals surface area contributed by atoms with Crippen molar-refractivity contribution in [3.05, 3.63) is 46.7 Å². The first-order valence-electron chi connectivity index (χ1n) is 11.9. The van der Waals surface area contributed by atoms with Gasteiger partial charge in [-0.2, -0.15) is 0 Å². The van der Waals surface area contributed by atoms with E-state index in [0.717, 1.165) is 38.8 Å². The van der Waals surface area contributed by atoms with Crippen molar-refractivity contribution in [2.75, 3.05) is 34.4 Å². The van der Waals surface area contributed by atoms with E-state index < -0.39 is 0 Å². The van der Waals surface area contributed by atoms with Gasteiger partial charge in [-0.15, -0.1) is 0 Å². The molecule has 0 saturated carbocycles. The molecule has 0 aliphatic carbocycles. The van der Waals surface area contributed by atoms with Crippen LogP contribution >= 0.6 is 0 Å². The summed E-state index contributed by atoms with van der Waals surface area (Å²) in [5, 5.41) is 12.8. The first kappa shape index (κ1) is 25.4. The Morgan fingerprint density at radius 2 is 1.62 bits per heavy atom. The molecule has 7 nitrogen and oxygen atoms in total. The molecule has 0 atom stereocenters. The predicted molar refractivity (Wildman–Crippen MR) is 129 cm³/mol. The summed E-state index contributed by atoms with van der Waals surface area (Å²) in [6.07, 6.45) is 6.00. The summed E-state index contributed by atoms with van der Waals surface area (Å²) in [5.74, 6) is 1.56. The number of ketones is 1. The van der Waals surface area contributed by atoms with Crippen molar-refractivity contribution in [3.8, 4) is 28.7 Å². The average Bonchev–Trinajstić information content (AvgIpc) is 3.16. The molecule has 0 fully saturated rings. The fraction of sp³-hybridized carbons (Fsp3) is 0.444. The molecule has 7 heteroatoms. The van der Waals surface area contributed by atoms with Gasteiger partial charge in [-0.1, -0.05) is 38.5 Å². The SMILES string of the molecule is CCCC[NH+](CCCC)Cc1c([O-])ccc2c1OC(=Cc1ccc(OC)c(OC)c1OC)C2=O. The molecule has 0 amide bonds. The van der Waals surface area contributed by atoms with Crippen LogP contribution in [0.5, 0.6) is 28.7 Å². The van der Waals surface area contributed by atoms with E-state index in [9.17, 15) is 9.90 Å². The minimum absolute atomic E-state index is 0.0954. The summed E-state index contributed by atoms with van der Waals surface area (Å²) in [6, 6.07) is 6.55. The minimum atomic E-state index is -0.253. The number of Topliss-reactive ketones (excluding diaryl/α,β-unsaturated/α-hetero) is 1. The molecular formula is C27H35NO6. The van der Waals surface area contributed by atoms with Gasteiger partial charge in [0.2, 0.25) is 11.5 Å². The van der Waals surface area contributed by atoms with Gasteiger partial charge in [-0.05, 0) is 37.1 Å². The standard InChI is InChI=1S/C27H35NO6/c1-6-8-14-28(15-9-7-2)17-20-21(29)12-11-19-24(30)23(34-26(19)20)16-18-10-13-22(31-3)27(33-5)25(18)32-4/h10-13,16,29H,6-9,14-15,17H2,1-5H3. The molecule has 184 valence electrons. The van der Waals surface area contributed by atoms with E-state index >= 15 is 0 Å². The highest BCUT2D eigenvalue weighted by Crippen LogP contribution is 2.43. The number of carbonyl (C=O) groups excluding carboxylic acids is 1. The van der Waals surface area contributed by atoms with E-state index in [0.29, 0.717) is 46.2 Å². The van der Waals surface area contributed by atoms with Gasteiger partial charge in [0.05, 0.1) is 40.0 Å². The highest BCUT2D eigenvalue weighted by molar-refractivity contribution is 6.15. The molecule has 2 aromatic rings. The van der Waals surface area contributed by atoms with Crippen LogP contribution in [-0.4, -0.2) is 40.2 Å². The van der Waals surface area contributed by atoms with Crippen molar-refractivity contribution in [1.29, 1.82) is 0 Å². The molecule has 0 unspecified atom stereocenters. The Hall–Kier alpha value is -3.19. The second kappa shape index (κ2) is 11.8. The van der Waals surface area contributed by atoms with Gasteiger partial charge in [-0.25, -0.2) is 0 Å². The molecule has 0 bridgehead atoms. The number of unbranched alkanes of at least 4 members (excludes halogenated alkanes) is 2. The number of ether oxygens (including phenoxy) is 4. The molecule has 1 aliphatic rings. The van der Waals surface area contributed by atoms with Crippen LogP contribution in [0.2, 0.25) is 0 Å². The molecule has 1 heterocycles. The van der Waals surface area contributed by atoms with E-state index in [1.807, 2.05) is 0 Å². The largest absolute Gasteiger partial charge is 0.872 e. The first-order chi connectivity index (χ1) is 16.5. The lowest BCUT2D eigenvalue weighted by atomic mass is 10.0. The second-order valence-electron chi connectivity index (χ2n) is 8.42. The Labute approximate surface area is 201 Å². The summed E-state index contributed by atoms with van der Waals surface area (Å²) in [6.45, 7) is 6.84. The fourth-order valence-electron chi connectivity index (χ4n) is 4.24. The average molecular weight is 470 g/mol. The van der Waals surface area contributed by atoms with E-state index in [-0.39, 0.29) is 17.3 Å². The Morgan fingerprint density at radius 3 is 2.21 bits per heavy atom. The highest BCUT2D eigenvalue weighted by Gasteiger charge is 2.31. The lowest BCUT2D eigenvalue weighted by Crippen LogP contribution is -3.10.